The molecule has 22 heavy (non-hydrogen) atoms. The predicted octanol–water partition coefficient (Wildman–Crippen LogP) is 1.63. The maximum atomic E-state index is 12.5. The summed E-state index contributed by atoms with van der Waals surface area (Å²) in [7, 11) is 0. The molecule has 10 heteroatoms. The number of alkyl halides is 3. The molecule has 1 aliphatic carbocycles. The van der Waals surface area contributed by atoms with Gasteiger partial charge in [0.2, 0.25) is 5.91 Å². The lowest BCUT2D eigenvalue weighted by Crippen LogP contribution is -2.45. The Balaban J connectivity index is 2.49. The molecule has 0 aromatic carbocycles. The summed E-state index contributed by atoms with van der Waals surface area (Å²) in [6.07, 6.45) is -0.654. The summed E-state index contributed by atoms with van der Waals surface area (Å²) in [6.45, 7) is 0. The van der Waals surface area contributed by atoms with Gasteiger partial charge in [-0.3, -0.25) is 9.78 Å². The third-order valence-corrected chi connectivity index (χ3v) is 3.37. The second-order valence-electron chi connectivity index (χ2n) is 4.51. The number of rotatable bonds is 3. The average molecular weight is 379 g/mol. The number of nitrogens with two attached hydrogens (primary N) is 2. The third-order valence-electron chi connectivity index (χ3n) is 2.96. The molecular weight excluding hydrogens is 369 g/mol. The summed E-state index contributed by atoms with van der Waals surface area (Å²) in [5, 5.41) is 0. The molecule has 0 saturated heterocycles. The van der Waals surface area contributed by atoms with E-state index in [1.54, 1.807) is 0 Å². The molecule has 0 radical (unpaired) electrons. The molecule has 1 aromatic heterocycles. The Bertz CT molecular complexity index is 657. The van der Waals surface area contributed by atoms with Gasteiger partial charge in [0.1, 0.15) is 15.9 Å². The van der Waals surface area contributed by atoms with E-state index in [2.05, 4.69) is 30.6 Å². The molecule has 0 bridgehead atoms. The molecule has 4 N–H and O–H groups in total. The predicted molar refractivity (Wildman–Crippen MR) is 72.7 cm³/mol. The number of hydrogen-bond acceptors (Lipinski definition) is 5. The van der Waals surface area contributed by atoms with Crippen molar-refractivity contribution in [1.82, 2.24) is 9.97 Å². The number of halogens is 4. The van der Waals surface area contributed by atoms with Crippen LogP contribution in [-0.4, -0.2) is 22.2 Å². The zero-order valence-corrected chi connectivity index (χ0v) is 12.5. The van der Waals surface area contributed by atoms with Crippen molar-refractivity contribution in [2.45, 2.75) is 18.3 Å². The zero-order valence-electron chi connectivity index (χ0n) is 10.9. The van der Waals surface area contributed by atoms with Gasteiger partial charge in [-0.1, -0.05) is 6.08 Å². The first-order valence-corrected chi connectivity index (χ1v) is 6.65. The summed E-state index contributed by atoms with van der Waals surface area (Å²) in [5.74, 6) is -1.39. The van der Waals surface area contributed by atoms with Crippen LogP contribution in [0.3, 0.4) is 0 Å². The number of allylic oxidation sites excluding steroid dienone is 2. The molecule has 1 aliphatic rings. The first kappa shape index (κ1) is 16.4. The van der Waals surface area contributed by atoms with E-state index in [4.69, 9.17) is 11.5 Å². The largest absolute Gasteiger partial charge is 0.572 e. The van der Waals surface area contributed by atoms with E-state index >= 15 is 0 Å². The van der Waals surface area contributed by atoms with Crippen molar-refractivity contribution >= 4 is 21.8 Å². The Morgan fingerprint density at radius 2 is 2.00 bits per heavy atom. The fourth-order valence-corrected chi connectivity index (χ4v) is 2.15. The highest BCUT2D eigenvalue weighted by Crippen LogP contribution is 2.39. The Morgan fingerprint density at radius 3 is 2.50 bits per heavy atom. The fraction of sp³-hybridized carbons (Fsp3) is 0.250. The fourth-order valence-electron chi connectivity index (χ4n) is 1.95. The second-order valence-corrected chi connectivity index (χ2v) is 5.32. The van der Waals surface area contributed by atoms with Crippen molar-refractivity contribution in [3.8, 4) is 0 Å². The molecule has 1 unspecified atom stereocenters. The van der Waals surface area contributed by atoms with E-state index in [1.807, 2.05) is 0 Å². The molecule has 0 aliphatic heterocycles. The second kappa shape index (κ2) is 5.69. The summed E-state index contributed by atoms with van der Waals surface area (Å²) < 4.78 is 42.0. The van der Waals surface area contributed by atoms with Crippen molar-refractivity contribution in [3.63, 3.8) is 0 Å². The lowest BCUT2D eigenvalue weighted by Gasteiger charge is -2.33. The quantitative estimate of drug-likeness (QED) is 0.831. The summed E-state index contributed by atoms with van der Waals surface area (Å²) >= 11 is 3.06. The molecule has 0 spiro atoms. The van der Waals surface area contributed by atoms with Crippen LogP contribution in [-0.2, 0) is 15.1 Å². The van der Waals surface area contributed by atoms with Gasteiger partial charge >= 0.3 is 6.36 Å². The SMILES string of the molecule is NC(=O)C1=CC=C(OC(F)(F)F)C(N)(c2cnc(Br)cn2)C1. The Hall–Kier alpha value is -1.94. The minimum atomic E-state index is -4.93. The molecule has 118 valence electrons. The number of carbonyl (C=O) groups is 1. The van der Waals surface area contributed by atoms with Crippen LogP contribution in [0, 0.1) is 0 Å². The van der Waals surface area contributed by atoms with Crippen LogP contribution in [0.4, 0.5) is 13.2 Å². The molecule has 1 heterocycles. The molecule has 1 atom stereocenters. The standard InChI is InChI=1S/C12H10BrF3N4O2/c13-9-5-19-7(4-20-9)11(18)3-6(10(17)21)1-2-8(11)22-12(14,15)16/h1-2,4-5H,3,18H2,(H2,17,21). The molecule has 2 rings (SSSR count). The lowest BCUT2D eigenvalue weighted by molar-refractivity contribution is -0.310. The normalized spacial score (nSPS) is 21.9. The van der Waals surface area contributed by atoms with Gasteiger partial charge in [0, 0.05) is 12.0 Å². The van der Waals surface area contributed by atoms with Crippen molar-refractivity contribution in [3.05, 3.63) is 46.2 Å². The van der Waals surface area contributed by atoms with Gasteiger partial charge in [0.15, 0.2) is 0 Å². The first-order chi connectivity index (χ1) is 10.1. The molecule has 0 fully saturated rings. The summed E-state index contributed by atoms with van der Waals surface area (Å²) in [5.41, 5.74) is 9.48. The average Bonchev–Trinajstić information content (AvgIpc) is 2.40. The number of carbonyl (C=O) groups excluding carboxylic acids is 1. The summed E-state index contributed by atoms with van der Waals surface area (Å²) in [4.78, 5) is 19.1. The van der Waals surface area contributed by atoms with Gasteiger partial charge in [-0.15, -0.1) is 13.2 Å². The molecule has 0 saturated carbocycles. The van der Waals surface area contributed by atoms with E-state index in [1.165, 1.54) is 12.4 Å². The highest BCUT2D eigenvalue weighted by molar-refractivity contribution is 9.10. The minimum absolute atomic E-state index is 0.0121. The molecular formula is C12H10BrF3N4O2. The van der Waals surface area contributed by atoms with E-state index in [0.717, 1.165) is 12.2 Å². The van der Waals surface area contributed by atoms with Gasteiger partial charge in [-0.2, -0.15) is 0 Å². The minimum Gasteiger partial charge on any atom is -0.408 e. The topological polar surface area (TPSA) is 104 Å². The smallest absolute Gasteiger partial charge is 0.408 e. The van der Waals surface area contributed by atoms with Gasteiger partial charge in [0.05, 0.1) is 18.1 Å². The van der Waals surface area contributed by atoms with Crippen LogP contribution >= 0.6 is 15.9 Å². The number of ether oxygens (including phenoxy) is 1. The highest BCUT2D eigenvalue weighted by atomic mass is 79.9. The van der Waals surface area contributed by atoms with Crippen LogP contribution in [0.5, 0.6) is 0 Å². The van der Waals surface area contributed by atoms with Crippen LogP contribution in [0.25, 0.3) is 0 Å². The van der Waals surface area contributed by atoms with Crippen LogP contribution in [0.15, 0.2) is 40.5 Å². The molecule has 1 aromatic rings. The van der Waals surface area contributed by atoms with Crippen molar-refractivity contribution in [2.75, 3.05) is 0 Å². The maximum absolute atomic E-state index is 12.5. The number of aromatic nitrogens is 2. The highest BCUT2D eigenvalue weighted by Gasteiger charge is 2.44. The Kier molecular flexibility index (Phi) is 4.25. The Labute approximate surface area is 131 Å². The van der Waals surface area contributed by atoms with Crippen LogP contribution in [0.1, 0.15) is 12.1 Å². The van der Waals surface area contributed by atoms with Gasteiger partial charge < -0.3 is 16.2 Å². The van der Waals surface area contributed by atoms with Crippen molar-refractivity contribution in [2.24, 2.45) is 11.5 Å². The number of nitrogens with zero attached hydrogens (tertiary/aromatic N) is 2. The maximum Gasteiger partial charge on any atom is 0.572 e. The molecule has 6 nitrogen and oxygen atoms in total. The van der Waals surface area contributed by atoms with E-state index in [9.17, 15) is 18.0 Å². The van der Waals surface area contributed by atoms with Gasteiger partial charge in [0.25, 0.3) is 0 Å². The van der Waals surface area contributed by atoms with E-state index in [-0.39, 0.29) is 17.7 Å². The van der Waals surface area contributed by atoms with Gasteiger partial charge in [-0.05, 0) is 22.0 Å². The lowest BCUT2D eigenvalue weighted by atomic mass is 9.82. The molecule has 1 amide bonds. The van der Waals surface area contributed by atoms with E-state index < -0.39 is 23.6 Å². The monoisotopic (exact) mass is 378 g/mol. The number of amides is 1. The Morgan fingerprint density at radius 1 is 1.32 bits per heavy atom. The van der Waals surface area contributed by atoms with Crippen LogP contribution < -0.4 is 11.5 Å². The summed E-state index contributed by atoms with van der Waals surface area (Å²) in [6, 6.07) is 0. The zero-order chi connectivity index (χ0) is 16.5. The van der Waals surface area contributed by atoms with E-state index in [0.29, 0.717) is 4.60 Å². The number of hydrogen-bond donors (Lipinski definition) is 2. The van der Waals surface area contributed by atoms with Crippen molar-refractivity contribution < 1.29 is 22.7 Å². The number of primary amides is 1. The van der Waals surface area contributed by atoms with Crippen LogP contribution in [0.2, 0.25) is 0 Å². The first-order valence-electron chi connectivity index (χ1n) is 5.85. The van der Waals surface area contributed by atoms with Crippen molar-refractivity contribution in [1.29, 1.82) is 0 Å². The van der Waals surface area contributed by atoms with Gasteiger partial charge in [-0.25, -0.2) is 4.98 Å². The third kappa shape index (κ3) is 3.45.